The van der Waals surface area contributed by atoms with Crippen LogP contribution in [0.5, 0.6) is 0 Å². The highest BCUT2D eigenvalue weighted by molar-refractivity contribution is 7.11. The van der Waals surface area contributed by atoms with Crippen molar-refractivity contribution in [2.24, 2.45) is 0 Å². The molecule has 0 spiro atoms. The van der Waals surface area contributed by atoms with Crippen molar-refractivity contribution in [3.63, 3.8) is 0 Å². The van der Waals surface area contributed by atoms with Crippen LogP contribution in [-0.4, -0.2) is 0 Å². The molecule has 2 rings (SSSR count). The predicted molar refractivity (Wildman–Crippen MR) is 70.7 cm³/mol. The van der Waals surface area contributed by atoms with Gasteiger partial charge in [-0.25, -0.2) is 8.78 Å². The van der Waals surface area contributed by atoms with Gasteiger partial charge in [-0.1, -0.05) is 12.1 Å². The van der Waals surface area contributed by atoms with Gasteiger partial charge >= 0.3 is 0 Å². The molecule has 1 unspecified atom stereocenters. The van der Waals surface area contributed by atoms with E-state index in [9.17, 15) is 8.78 Å². The summed E-state index contributed by atoms with van der Waals surface area (Å²) in [5.41, 5.74) is 0.364. The van der Waals surface area contributed by atoms with Gasteiger partial charge in [0.1, 0.15) is 0 Å². The van der Waals surface area contributed by atoms with Gasteiger partial charge in [0.25, 0.3) is 0 Å². The topological polar surface area (TPSA) is 12.0 Å². The molecule has 96 valence electrons. The van der Waals surface area contributed by atoms with Crippen LogP contribution in [0, 0.1) is 18.6 Å². The van der Waals surface area contributed by atoms with Crippen LogP contribution >= 0.6 is 11.3 Å². The Morgan fingerprint density at radius 3 is 2.67 bits per heavy atom. The normalized spacial score (nSPS) is 12.7. The first-order valence-electron chi connectivity index (χ1n) is 5.80. The van der Waals surface area contributed by atoms with E-state index in [0.29, 0.717) is 12.1 Å². The Morgan fingerprint density at radius 1 is 1.22 bits per heavy atom. The summed E-state index contributed by atoms with van der Waals surface area (Å²) < 4.78 is 26.7. The van der Waals surface area contributed by atoms with E-state index in [0.717, 1.165) is 6.07 Å². The van der Waals surface area contributed by atoms with E-state index in [-0.39, 0.29) is 6.04 Å². The molecule has 1 N–H and O–H groups in total. The molecule has 0 aliphatic rings. The molecule has 0 radical (unpaired) electrons. The summed E-state index contributed by atoms with van der Waals surface area (Å²) in [6.07, 6.45) is 0. The van der Waals surface area contributed by atoms with Crippen LogP contribution in [0.25, 0.3) is 0 Å². The second kappa shape index (κ2) is 5.59. The SMILES string of the molecule is Cc1ccc(CNC(C)c2cccc(F)c2F)s1. The van der Waals surface area contributed by atoms with Gasteiger partial charge in [0.05, 0.1) is 0 Å². The smallest absolute Gasteiger partial charge is 0.163 e. The van der Waals surface area contributed by atoms with Crippen LogP contribution < -0.4 is 5.32 Å². The molecule has 0 saturated carbocycles. The van der Waals surface area contributed by atoms with E-state index in [1.165, 1.54) is 15.8 Å². The monoisotopic (exact) mass is 267 g/mol. The first kappa shape index (κ1) is 13.2. The van der Waals surface area contributed by atoms with Crippen LogP contribution in [0.2, 0.25) is 0 Å². The van der Waals surface area contributed by atoms with Gasteiger partial charge in [0.15, 0.2) is 11.6 Å². The number of hydrogen-bond donors (Lipinski definition) is 1. The molecule has 1 aromatic carbocycles. The van der Waals surface area contributed by atoms with Crippen molar-refractivity contribution in [3.05, 3.63) is 57.3 Å². The third-order valence-electron chi connectivity index (χ3n) is 2.83. The van der Waals surface area contributed by atoms with Gasteiger partial charge in [-0.15, -0.1) is 11.3 Å². The molecule has 2 aromatic rings. The maximum Gasteiger partial charge on any atom is 0.163 e. The van der Waals surface area contributed by atoms with Crippen molar-refractivity contribution < 1.29 is 8.78 Å². The summed E-state index contributed by atoms with van der Waals surface area (Å²) >= 11 is 1.70. The third kappa shape index (κ3) is 2.94. The van der Waals surface area contributed by atoms with Crippen LogP contribution in [0.4, 0.5) is 8.78 Å². The lowest BCUT2D eigenvalue weighted by Crippen LogP contribution is -2.19. The Balaban J connectivity index is 2.03. The fraction of sp³-hybridized carbons (Fsp3) is 0.286. The quantitative estimate of drug-likeness (QED) is 0.876. The number of hydrogen-bond acceptors (Lipinski definition) is 2. The zero-order chi connectivity index (χ0) is 13.1. The number of halogens is 2. The minimum Gasteiger partial charge on any atom is -0.305 e. The van der Waals surface area contributed by atoms with Crippen molar-refractivity contribution in [1.82, 2.24) is 5.32 Å². The van der Waals surface area contributed by atoms with E-state index < -0.39 is 11.6 Å². The number of rotatable bonds is 4. The number of aryl methyl sites for hydroxylation is 1. The Kier molecular flexibility index (Phi) is 4.09. The van der Waals surface area contributed by atoms with Crippen molar-refractivity contribution in [1.29, 1.82) is 0 Å². The molecule has 0 aliphatic heterocycles. The van der Waals surface area contributed by atoms with E-state index in [1.807, 2.05) is 19.9 Å². The van der Waals surface area contributed by atoms with Crippen molar-refractivity contribution >= 4 is 11.3 Å². The maximum absolute atomic E-state index is 13.6. The lowest BCUT2D eigenvalue weighted by molar-refractivity contribution is 0.473. The second-order valence-electron chi connectivity index (χ2n) is 4.26. The van der Waals surface area contributed by atoms with Gasteiger partial charge in [-0.05, 0) is 32.0 Å². The molecular formula is C14H15F2NS. The molecule has 1 atom stereocenters. The lowest BCUT2D eigenvalue weighted by Gasteiger charge is -2.14. The molecule has 1 heterocycles. The molecule has 0 fully saturated rings. The standard InChI is InChI=1S/C14H15F2NS/c1-9-6-7-11(18-9)8-17-10(2)12-4-3-5-13(15)14(12)16/h3-7,10,17H,8H2,1-2H3. The van der Waals surface area contributed by atoms with Crippen LogP contribution in [0.3, 0.4) is 0 Å². The van der Waals surface area contributed by atoms with Crippen LogP contribution in [0.15, 0.2) is 30.3 Å². The summed E-state index contributed by atoms with van der Waals surface area (Å²) in [6, 6.07) is 8.14. The fourth-order valence-corrected chi connectivity index (χ4v) is 2.64. The molecule has 18 heavy (non-hydrogen) atoms. The molecule has 4 heteroatoms. The lowest BCUT2D eigenvalue weighted by atomic mass is 10.1. The van der Waals surface area contributed by atoms with Gasteiger partial charge in [-0.3, -0.25) is 0 Å². The molecule has 1 nitrogen and oxygen atoms in total. The predicted octanol–water partition coefficient (Wildman–Crippen LogP) is 4.19. The van der Waals surface area contributed by atoms with Crippen LogP contribution in [-0.2, 0) is 6.54 Å². The zero-order valence-corrected chi connectivity index (χ0v) is 11.2. The number of thiophene rings is 1. The minimum atomic E-state index is -0.798. The van der Waals surface area contributed by atoms with E-state index in [4.69, 9.17) is 0 Å². The van der Waals surface area contributed by atoms with Gasteiger partial charge in [0, 0.05) is 27.9 Å². The van der Waals surface area contributed by atoms with Gasteiger partial charge < -0.3 is 5.32 Å². The average molecular weight is 267 g/mol. The molecule has 0 aliphatic carbocycles. The van der Waals surface area contributed by atoms with E-state index in [1.54, 1.807) is 17.4 Å². The molecular weight excluding hydrogens is 252 g/mol. The van der Waals surface area contributed by atoms with Gasteiger partial charge in [-0.2, -0.15) is 0 Å². The highest BCUT2D eigenvalue weighted by Gasteiger charge is 2.13. The van der Waals surface area contributed by atoms with E-state index >= 15 is 0 Å². The largest absolute Gasteiger partial charge is 0.305 e. The highest BCUT2D eigenvalue weighted by Crippen LogP contribution is 2.20. The molecule has 0 bridgehead atoms. The van der Waals surface area contributed by atoms with Crippen molar-refractivity contribution in [2.45, 2.75) is 26.4 Å². The average Bonchev–Trinajstić information content (AvgIpc) is 2.76. The first-order chi connectivity index (χ1) is 8.58. The zero-order valence-electron chi connectivity index (χ0n) is 10.3. The summed E-state index contributed by atoms with van der Waals surface area (Å²) in [4.78, 5) is 2.44. The maximum atomic E-state index is 13.6. The Morgan fingerprint density at radius 2 is 2.00 bits per heavy atom. The Hall–Kier alpha value is -1.26. The third-order valence-corrected chi connectivity index (χ3v) is 3.83. The second-order valence-corrected chi connectivity index (χ2v) is 5.63. The Bertz CT molecular complexity index is 536. The minimum absolute atomic E-state index is 0.219. The van der Waals surface area contributed by atoms with E-state index in [2.05, 4.69) is 11.4 Å². The summed E-state index contributed by atoms with van der Waals surface area (Å²) in [5.74, 6) is -1.56. The summed E-state index contributed by atoms with van der Waals surface area (Å²) in [6.45, 7) is 4.54. The number of nitrogens with one attached hydrogen (secondary N) is 1. The molecule has 1 aromatic heterocycles. The Labute approximate surface area is 109 Å². The number of benzene rings is 1. The van der Waals surface area contributed by atoms with Crippen molar-refractivity contribution in [2.75, 3.05) is 0 Å². The highest BCUT2D eigenvalue weighted by atomic mass is 32.1. The summed E-state index contributed by atoms with van der Waals surface area (Å²) in [5, 5.41) is 3.20. The van der Waals surface area contributed by atoms with Gasteiger partial charge in [0.2, 0.25) is 0 Å². The van der Waals surface area contributed by atoms with Crippen molar-refractivity contribution in [3.8, 4) is 0 Å². The van der Waals surface area contributed by atoms with Crippen LogP contribution in [0.1, 0.15) is 28.3 Å². The summed E-state index contributed by atoms with van der Waals surface area (Å²) in [7, 11) is 0. The first-order valence-corrected chi connectivity index (χ1v) is 6.62. The molecule has 0 saturated heterocycles. The molecule has 0 amide bonds. The fourth-order valence-electron chi connectivity index (χ4n) is 1.80.